The van der Waals surface area contributed by atoms with Crippen LogP contribution in [0.5, 0.6) is 5.75 Å². The summed E-state index contributed by atoms with van der Waals surface area (Å²) in [5.41, 5.74) is 1.38. The van der Waals surface area contributed by atoms with E-state index in [-0.39, 0.29) is 34.4 Å². The first-order valence-corrected chi connectivity index (χ1v) is 11.0. The number of hydrogen-bond acceptors (Lipinski definition) is 4. The van der Waals surface area contributed by atoms with Crippen molar-refractivity contribution >= 4 is 29.1 Å². The average molecular weight is 479 g/mol. The molecular formula is C26H23F2N3O4. The fraction of sp³-hybridized carbons (Fsp3) is 0.192. The minimum absolute atomic E-state index is 0.0114. The Balaban J connectivity index is 1.37. The molecule has 1 saturated carbocycles. The zero-order valence-electron chi connectivity index (χ0n) is 18.8. The molecule has 1 unspecified atom stereocenters. The Labute approximate surface area is 200 Å². The maximum atomic E-state index is 13.3. The molecule has 0 aliphatic heterocycles. The van der Waals surface area contributed by atoms with E-state index < -0.39 is 29.5 Å². The molecule has 1 aliphatic carbocycles. The molecule has 4 rings (SSSR count). The van der Waals surface area contributed by atoms with E-state index in [4.69, 9.17) is 0 Å². The summed E-state index contributed by atoms with van der Waals surface area (Å²) in [5.74, 6) is -3.36. The topological polar surface area (TPSA) is 108 Å². The molecule has 0 aromatic heterocycles. The van der Waals surface area contributed by atoms with E-state index >= 15 is 0 Å². The maximum Gasteiger partial charge on any atom is 0.255 e. The van der Waals surface area contributed by atoms with Crippen LogP contribution in [0.1, 0.15) is 52.1 Å². The third-order valence-electron chi connectivity index (χ3n) is 5.60. The number of carbonyl (C=O) groups excluding carboxylic acids is 3. The number of amides is 3. The van der Waals surface area contributed by atoms with Gasteiger partial charge in [0, 0.05) is 35.0 Å². The van der Waals surface area contributed by atoms with Crippen LogP contribution in [-0.2, 0) is 4.79 Å². The third kappa shape index (κ3) is 6.00. The molecular weight excluding hydrogens is 456 g/mol. The molecule has 3 amide bonds. The van der Waals surface area contributed by atoms with Crippen LogP contribution in [0.15, 0.2) is 60.7 Å². The highest BCUT2D eigenvalue weighted by molar-refractivity contribution is 6.05. The van der Waals surface area contributed by atoms with Gasteiger partial charge in [-0.2, -0.15) is 0 Å². The SMILES string of the molecule is CC(NC(=O)c1ccc(NC(=O)c2cc(F)cc(F)c2)cc1O)c1ccc(NC(=O)C2CC2)cc1. The Kier molecular flexibility index (Phi) is 6.77. The van der Waals surface area contributed by atoms with Gasteiger partial charge in [-0.25, -0.2) is 8.78 Å². The van der Waals surface area contributed by atoms with Gasteiger partial charge in [0.15, 0.2) is 0 Å². The molecule has 4 N–H and O–H groups in total. The van der Waals surface area contributed by atoms with Crippen LogP contribution in [-0.4, -0.2) is 22.8 Å². The standard InChI is InChI=1S/C26H23F2N3O4/c1-14(15-4-6-20(7-5-15)30-24(33)16-2-3-16)29-26(35)22-9-8-21(13-23(22)32)31-25(34)17-10-18(27)12-19(28)11-17/h4-14,16,32H,2-3H2,1H3,(H,29,35)(H,30,33)(H,31,34). The summed E-state index contributed by atoms with van der Waals surface area (Å²) < 4.78 is 26.7. The van der Waals surface area contributed by atoms with E-state index in [0.29, 0.717) is 11.8 Å². The molecule has 1 fully saturated rings. The van der Waals surface area contributed by atoms with Crippen LogP contribution < -0.4 is 16.0 Å². The molecule has 1 atom stereocenters. The normalized spacial score (nSPS) is 13.6. The molecule has 1 aliphatic rings. The summed E-state index contributed by atoms with van der Waals surface area (Å²) in [6.07, 6.45) is 1.83. The summed E-state index contributed by atoms with van der Waals surface area (Å²) in [6, 6.07) is 13.0. The van der Waals surface area contributed by atoms with Crippen molar-refractivity contribution in [1.29, 1.82) is 0 Å². The van der Waals surface area contributed by atoms with Crippen molar-refractivity contribution in [1.82, 2.24) is 5.32 Å². The van der Waals surface area contributed by atoms with Gasteiger partial charge in [0.1, 0.15) is 17.4 Å². The zero-order chi connectivity index (χ0) is 25.1. The van der Waals surface area contributed by atoms with Crippen LogP contribution in [0.4, 0.5) is 20.2 Å². The van der Waals surface area contributed by atoms with Gasteiger partial charge < -0.3 is 21.1 Å². The van der Waals surface area contributed by atoms with Crippen molar-refractivity contribution in [2.45, 2.75) is 25.8 Å². The van der Waals surface area contributed by atoms with Crippen LogP contribution in [0.3, 0.4) is 0 Å². The van der Waals surface area contributed by atoms with Crippen molar-refractivity contribution in [2.75, 3.05) is 10.6 Å². The second-order valence-electron chi connectivity index (χ2n) is 8.42. The monoisotopic (exact) mass is 479 g/mol. The predicted molar refractivity (Wildman–Crippen MR) is 126 cm³/mol. The van der Waals surface area contributed by atoms with Crippen LogP contribution in [0.2, 0.25) is 0 Å². The van der Waals surface area contributed by atoms with Gasteiger partial charge in [-0.15, -0.1) is 0 Å². The number of carbonyl (C=O) groups is 3. The summed E-state index contributed by atoms with van der Waals surface area (Å²) in [5, 5.41) is 18.4. The van der Waals surface area contributed by atoms with Crippen LogP contribution >= 0.6 is 0 Å². The van der Waals surface area contributed by atoms with Gasteiger partial charge in [-0.3, -0.25) is 14.4 Å². The maximum absolute atomic E-state index is 13.3. The zero-order valence-corrected chi connectivity index (χ0v) is 18.8. The van der Waals surface area contributed by atoms with Gasteiger partial charge >= 0.3 is 0 Å². The Morgan fingerprint density at radius 3 is 2.09 bits per heavy atom. The van der Waals surface area contributed by atoms with E-state index in [1.165, 1.54) is 18.2 Å². The number of anilines is 2. The quantitative estimate of drug-likeness (QED) is 0.392. The van der Waals surface area contributed by atoms with Gasteiger partial charge in [0.25, 0.3) is 11.8 Å². The van der Waals surface area contributed by atoms with Crippen molar-refractivity contribution in [3.8, 4) is 5.75 Å². The molecule has 3 aromatic rings. The Morgan fingerprint density at radius 2 is 1.49 bits per heavy atom. The summed E-state index contributed by atoms with van der Waals surface area (Å²) in [4.78, 5) is 36.8. The summed E-state index contributed by atoms with van der Waals surface area (Å²) in [6.45, 7) is 1.78. The highest BCUT2D eigenvalue weighted by Gasteiger charge is 2.29. The molecule has 0 bridgehead atoms. The van der Waals surface area contributed by atoms with E-state index in [2.05, 4.69) is 16.0 Å². The van der Waals surface area contributed by atoms with Crippen molar-refractivity contribution in [2.24, 2.45) is 5.92 Å². The average Bonchev–Trinajstić information content (AvgIpc) is 3.64. The van der Waals surface area contributed by atoms with Gasteiger partial charge in [-0.05, 0) is 61.7 Å². The van der Waals surface area contributed by atoms with Gasteiger partial charge in [0.2, 0.25) is 5.91 Å². The summed E-state index contributed by atoms with van der Waals surface area (Å²) in [7, 11) is 0. The first-order valence-electron chi connectivity index (χ1n) is 11.0. The molecule has 9 heteroatoms. The Morgan fingerprint density at radius 1 is 0.857 bits per heavy atom. The predicted octanol–water partition coefficient (Wildman–Crippen LogP) is 4.76. The van der Waals surface area contributed by atoms with E-state index in [0.717, 1.165) is 30.5 Å². The van der Waals surface area contributed by atoms with E-state index in [1.807, 2.05) is 0 Å². The lowest BCUT2D eigenvalue weighted by Gasteiger charge is -2.16. The second kappa shape index (κ2) is 9.92. The second-order valence-corrected chi connectivity index (χ2v) is 8.42. The largest absolute Gasteiger partial charge is 0.507 e. The molecule has 180 valence electrons. The van der Waals surface area contributed by atoms with Crippen molar-refractivity contribution < 1.29 is 28.3 Å². The summed E-state index contributed by atoms with van der Waals surface area (Å²) >= 11 is 0. The molecule has 3 aromatic carbocycles. The third-order valence-corrected chi connectivity index (χ3v) is 5.60. The molecule has 0 saturated heterocycles. The number of aromatic hydroxyl groups is 1. The fourth-order valence-corrected chi connectivity index (χ4v) is 3.49. The van der Waals surface area contributed by atoms with E-state index in [1.54, 1.807) is 31.2 Å². The van der Waals surface area contributed by atoms with Gasteiger partial charge in [-0.1, -0.05) is 12.1 Å². The lowest BCUT2D eigenvalue weighted by Crippen LogP contribution is -2.26. The fourth-order valence-electron chi connectivity index (χ4n) is 3.49. The molecule has 7 nitrogen and oxygen atoms in total. The smallest absolute Gasteiger partial charge is 0.255 e. The van der Waals surface area contributed by atoms with Gasteiger partial charge in [0.05, 0.1) is 11.6 Å². The number of nitrogens with one attached hydrogen (secondary N) is 3. The number of hydrogen-bond donors (Lipinski definition) is 4. The molecule has 0 heterocycles. The van der Waals surface area contributed by atoms with Crippen molar-refractivity contribution in [3.05, 3.63) is 89.0 Å². The minimum atomic E-state index is -0.892. The number of phenolic OH excluding ortho intramolecular Hbond substituents is 1. The first-order chi connectivity index (χ1) is 16.7. The van der Waals surface area contributed by atoms with Crippen molar-refractivity contribution in [3.63, 3.8) is 0 Å². The molecule has 0 spiro atoms. The Bertz CT molecular complexity index is 1270. The minimum Gasteiger partial charge on any atom is -0.507 e. The highest BCUT2D eigenvalue weighted by atomic mass is 19.1. The lowest BCUT2D eigenvalue weighted by molar-refractivity contribution is -0.117. The number of rotatable bonds is 7. The van der Waals surface area contributed by atoms with E-state index in [9.17, 15) is 28.3 Å². The van der Waals surface area contributed by atoms with Crippen LogP contribution in [0.25, 0.3) is 0 Å². The first kappa shape index (κ1) is 23.9. The number of halogens is 2. The number of phenols is 1. The Hall–Kier alpha value is -4.27. The molecule has 35 heavy (non-hydrogen) atoms. The lowest BCUT2D eigenvalue weighted by atomic mass is 10.1. The number of benzene rings is 3. The van der Waals surface area contributed by atoms with Crippen LogP contribution in [0, 0.1) is 17.6 Å². The molecule has 0 radical (unpaired) electrons. The highest BCUT2D eigenvalue weighted by Crippen LogP contribution is 2.30.